The van der Waals surface area contributed by atoms with Crippen LogP contribution in [0.3, 0.4) is 0 Å². The van der Waals surface area contributed by atoms with Gasteiger partial charge in [-0.25, -0.2) is 4.79 Å². The molecule has 1 aliphatic rings. The Kier molecular flexibility index (Phi) is 5.49. The number of likely N-dealkylation sites (tertiary alicyclic amines) is 1. The average Bonchev–Trinajstić information content (AvgIpc) is 3.02. The molecule has 5 nitrogen and oxygen atoms in total. The number of amides is 1. The molecule has 1 amide bonds. The van der Waals surface area contributed by atoms with Gasteiger partial charge < -0.3 is 14.7 Å². The van der Waals surface area contributed by atoms with Crippen LogP contribution in [0.1, 0.15) is 46.3 Å². The fraction of sp³-hybridized carbons (Fsp3) is 0.364. The van der Waals surface area contributed by atoms with E-state index in [0.717, 1.165) is 17.5 Å². The maximum atomic E-state index is 13.1. The van der Waals surface area contributed by atoms with Crippen molar-refractivity contribution in [3.05, 3.63) is 64.7 Å². The van der Waals surface area contributed by atoms with E-state index in [-0.39, 0.29) is 11.9 Å². The van der Waals surface area contributed by atoms with Crippen LogP contribution >= 0.6 is 0 Å². The summed E-state index contributed by atoms with van der Waals surface area (Å²) >= 11 is 0. The number of benzene rings is 2. The maximum Gasteiger partial charge on any atom is 0.341 e. The molecule has 27 heavy (non-hydrogen) atoms. The predicted molar refractivity (Wildman–Crippen MR) is 103 cm³/mol. The zero-order chi connectivity index (χ0) is 19.6. The first kappa shape index (κ1) is 19.0. The van der Waals surface area contributed by atoms with Crippen LogP contribution in [0.25, 0.3) is 0 Å². The summed E-state index contributed by atoms with van der Waals surface area (Å²) in [7, 11) is 0. The van der Waals surface area contributed by atoms with Crippen LogP contribution in [-0.2, 0) is 4.79 Å². The number of ether oxygens (including phenoxy) is 1. The zero-order valence-corrected chi connectivity index (χ0v) is 15.9. The molecule has 0 spiro atoms. The van der Waals surface area contributed by atoms with E-state index in [0.29, 0.717) is 23.8 Å². The molecule has 0 saturated carbocycles. The standard InChI is InChI=1S/C22H25NO4/c1-14-9-18(10-15(2)21(14)27-13-20(24)25)22(26)23-12-19(11-16(23)3)17-7-5-4-6-8-17/h4-10,16,19H,11-13H2,1-3H3,(H,24,25). The lowest BCUT2D eigenvalue weighted by atomic mass is 9.97. The summed E-state index contributed by atoms with van der Waals surface area (Å²) < 4.78 is 5.36. The van der Waals surface area contributed by atoms with E-state index in [4.69, 9.17) is 9.84 Å². The molecule has 142 valence electrons. The molecule has 0 aliphatic carbocycles. The van der Waals surface area contributed by atoms with Gasteiger partial charge in [-0.1, -0.05) is 30.3 Å². The molecule has 1 N–H and O–H groups in total. The Morgan fingerprint density at radius 1 is 1.15 bits per heavy atom. The molecule has 3 rings (SSSR count). The van der Waals surface area contributed by atoms with Crippen molar-refractivity contribution in [2.75, 3.05) is 13.2 Å². The van der Waals surface area contributed by atoms with Gasteiger partial charge in [-0.15, -0.1) is 0 Å². The number of aryl methyl sites for hydroxylation is 2. The Balaban J connectivity index is 1.78. The zero-order valence-electron chi connectivity index (χ0n) is 15.9. The number of carboxylic acids is 1. The van der Waals surface area contributed by atoms with E-state index in [1.54, 1.807) is 12.1 Å². The van der Waals surface area contributed by atoms with Crippen molar-refractivity contribution in [3.8, 4) is 5.75 Å². The SMILES string of the molecule is Cc1cc(C(=O)N2CC(c3ccccc3)CC2C)cc(C)c1OCC(=O)O. The molecule has 0 aromatic heterocycles. The number of rotatable bonds is 5. The van der Waals surface area contributed by atoms with Crippen LogP contribution in [0.2, 0.25) is 0 Å². The highest BCUT2D eigenvalue weighted by atomic mass is 16.5. The second-order valence-corrected chi connectivity index (χ2v) is 7.27. The van der Waals surface area contributed by atoms with Crippen LogP contribution < -0.4 is 4.74 Å². The van der Waals surface area contributed by atoms with Gasteiger partial charge in [-0.3, -0.25) is 4.79 Å². The highest BCUT2D eigenvalue weighted by molar-refractivity contribution is 5.95. The van der Waals surface area contributed by atoms with Crippen LogP contribution in [0.4, 0.5) is 0 Å². The molecule has 0 radical (unpaired) electrons. The summed E-state index contributed by atoms with van der Waals surface area (Å²) in [6.45, 7) is 6.07. The molecular weight excluding hydrogens is 342 g/mol. The van der Waals surface area contributed by atoms with Gasteiger partial charge in [-0.2, -0.15) is 0 Å². The molecule has 1 heterocycles. The smallest absolute Gasteiger partial charge is 0.341 e. The molecule has 1 aliphatic heterocycles. The van der Waals surface area contributed by atoms with Gasteiger partial charge in [-0.05, 0) is 56.0 Å². The second-order valence-electron chi connectivity index (χ2n) is 7.27. The highest BCUT2D eigenvalue weighted by Crippen LogP contribution is 2.33. The molecule has 1 saturated heterocycles. The summed E-state index contributed by atoms with van der Waals surface area (Å²) in [6.07, 6.45) is 0.952. The monoisotopic (exact) mass is 367 g/mol. The van der Waals surface area contributed by atoms with Crippen molar-refractivity contribution >= 4 is 11.9 Å². The minimum Gasteiger partial charge on any atom is -0.481 e. The second kappa shape index (κ2) is 7.82. The third kappa shape index (κ3) is 4.13. The minimum absolute atomic E-state index is 0.0110. The molecule has 2 aromatic carbocycles. The number of aliphatic carboxylic acids is 1. The Morgan fingerprint density at radius 3 is 2.37 bits per heavy atom. The molecule has 5 heteroatoms. The summed E-state index contributed by atoms with van der Waals surface area (Å²) in [6, 6.07) is 14.1. The van der Waals surface area contributed by atoms with E-state index < -0.39 is 12.6 Å². The van der Waals surface area contributed by atoms with Crippen LogP contribution in [0, 0.1) is 13.8 Å². The lowest BCUT2D eigenvalue weighted by molar-refractivity contribution is -0.139. The first-order chi connectivity index (χ1) is 12.9. The van der Waals surface area contributed by atoms with Gasteiger partial charge >= 0.3 is 5.97 Å². The fourth-order valence-electron chi connectivity index (χ4n) is 3.88. The van der Waals surface area contributed by atoms with Gasteiger partial charge in [0.05, 0.1) is 0 Å². The number of hydrogen-bond acceptors (Lipinski definition) is 3. The van der Waals surface area contributed by atoms with Crippen molar-refractivity contribution in [1.29, 1.82) is 0 Å². The predicted octanol–water partition coefficient (Wildman–Crippen LogP) is 3.79. The molecule has 2 aromatic rings. The fourth-order valence-corrected chi connectivity index (χ4v) is 3.88. The summed E-state index contributed by atoms with van der Waals surface area (Å²) in [5.41, 5.74) is 3.43. The molecule has 2 atom stereocenters. The van der Waals surface area contributed by atoms with Crippen molar-refractivity contribution in [1.82, 2.24) is 4.90 Å². The van der Waals surface area contributed by atoms with E-state index >= 15 is 0 Å². The first-order valence-electron chi connectivity index (χ1n) is 9.18. The lowest BCUT2D eigenvalue weighted by Gasteiger charge is -2.22. The minimum atomic E-state index is -1.02. The van der Waals surface area contributed by atoms with E-state index in [2.05, 4.69) is 19.1 Å². The normalized spacial score (nSPS) is 19.1. The number of carbonyl (C=O) groups is 2. The van der Waals surface area contributed by atoms with E-state index in [1.807, 2.05) is 36.9 Å². The Bertz CT molecular complexity index is 824. The highest BCUT2D eigenvalue weighted by Gasteiger charge is 2.33. The largest absolute Gasteiger partial charge is 0.481 e. The number of carboxylic acid groups (broad SMARTS) is 1. The molecule has 0 bridgehead atoms. The first-order valence-corrected chi connectivity index (χ1v) is 9.18. The van der Waals surface area contributed by atoms with Gasteiger partial charge in [0, 0.05) is 24.1 Å². The molecular formula is C22H25NO4. The molecule has 1 fully saturated rings. The average molecular weight is 367 g/mol. The van der Waals surface area contributed by atoms with Crippen LogP contribution in [-0.4, -0.2) is 41.1 Å². The van der Waals surface area contributed by atoms with Gasteiger partial charge in [0.15, 0.2) is 6.61 Å². The van der Waals surface area contributed by atoms with Gasteiger partial charge in [0.1, 0.15) is 5.75 Å². The number of hydrogen-bond donors (Lipinski definition) is 1. The van der Waals surface area contributed by atoms with Crippen molar-refractivity contribution in [2.45, 2.75) is 39.2 Å². The Morgan fingerprint density at radius 2 is 1.78 bits per heavy atom. The van der Waals surface area contributed by atoms with Crippen molar-refractivity contribution < 1.29 is 19.4 Å². The maximum absolute atomic E-state index is 13.1. The third-order valence-corrected chi connectivity index (χ3v) is 5.15. The van der Waals surface area contributed by atoms with Crippen LogP contribution in [0.15, 0.2) is 42.5 Å². The summed E-state index contributed by atoms with van der Waals surface area (Å²) in [5, 5.41) is 8.81. The Labute approximate surface area is 159 Å². The van der Waals surface area contributed by atoms with Gasteiger partial charge in [0.2, 0.25) is 0 Å². The number of carbonyl (C=O) groups excluding carboxylic acids is 1. The van der Waals surface area contributed by atoms with E-state index in [9.17, 15) is 9.59 Å². The van der Waals surface area contributed by atoms with E-state index in [1.165, 1.54) is 5.56 Å². The molecule has 2 unspecified atom stereocenters. The van der Waals surface area contributed by atoms with Crippen molar-refractivity contribution in [2.24, 2.45) is 0 Å². The Hall–Kier alpha value is -2.82. The quantitative estimate of drug-likeness (QED) is 0.873. The number of nitrogens with zero attached hydrogens (tertiary/aromatic N) is 1. The lowest BCUT2D eigenvalue weighted by Crippen LogP contribution is -2.34. The van der Waals surface area contributed by atoms with Crippen molar-refractivity contribution in [3.63, 3.8) is 0 Å². The topological polar surface area (TPSA) is 66.8 Å². The summed E-state index contributed by atoms with van der Waals surface area (Å²) in [4.78, 5) is 25.8. The van der Waals surface area contributed by atoms with Gasteiger partial charge in [0.25, 0.3) is 5.91 Å². The third-order valence-electron chi connectivity index (χ3n) is 5.15. The summed E-state index contributed by atoms with van der Waals surface area (Å²) in [5.74, 6) is -0.125. The van der Waals surface area contributed by atoms with Crippen LogP contribution in [0.5, 0.6) is 5.75 Å².